The molecule has 2 N–H and O–H groups in total. The van der Waals surface area contributed by atoms with Gasteiger partial charge in [-0.3, -0.25) is 4.79 Å². The summed E-state index contributed by atoms with van der Waals surface area (Å²) in [6, 6.07) is 8.51. The Hall–Kier alpha value is -2.78. The lowest BCUT2D eigenvalue weighted by Gasteiger charge is -2.09. The first-order chi connectivity index (χ1) is 13.3. The van der Waals surface area contributed by atoms with Gasteiger partial charge < -0.3 is 5.32 Å². The third kappa shape index (κ3) is 4.55. The molecule has 0 aliphatic heterocycles. The summed E-state index contributed by atoms with van der Waals surface area (Å²) in [6.45, 7) is 5.92. The van der Waals surface area contributed by atoms with E-state index in [0.29, 0.717) is 5.69 Å². The number of carbonyl (C=O) groups is 1. The van der Waals surface area contributed by atoms with Crippen LogP contribution in [0.5, 0.6) is 0 Å². The number of benzene rings is 1. The van der Waals surface area contributed by atoms with Crippen molar-refractivity contribution in [1.82, 2.24) is 19.5 Å². The summed E-state index contributed by atoms with van der Waals surface area (Å²) < 4.78 is 28.7. The van der Waals surface area contributed by atoms with Crippen LogP contribution >= 0.6 is 0 Å². The van der Waals surface area contributed by atoms with Gasteiger partial charge in [0.1, 0.15) is 0 Å². The first-order valence-corrected chi connectivity index (χ1v) is 10.4. The SMILES string of the molecule is Cc1ccc(S(=O)(=O)NCCC(=O)Nc2cnc3c(cnn3C(C)C)c2)cc1. The summed E-state index contributed by atoms with van der Waals surface area (Å²) in [5.74, 6) is -0.302. The third-order valence-corrected chi connectivity index (χ3v) is 5.66. The van der Waals surface area contributed by atoms with Gasteiger partial charge in [0.25, 0.3) is 0 Å². The van der Waals surface area contributed by atoms with E-state index < -0.39 is 10.0 Å². The maximum atomic E-state index is 12.2. The van der Waals surface area contributed by atoms with Crippen LogP contribution in [-0.2, 0) is 14.8 Å². The van der Waals surface area contributed by atoms with Crippen LogP contribution in [0.3, 0.4) is 0 Å². The fraction of sp³-hybridized carbons (Fsp3) is 0.316. The molecule has 0 radical (unpaired) electrons. The minimum atomic E-state index is -3.63. The Morgan fingerprint density at radius 3 is 2.57 bits per heavy atom. The van der Waals surface area contributed by atoms with E-state index in [1.165, 1.54) is 12.1 Å². The predicted molar refractivity (Wildman–Crippen MR) is 108 cm³/mol. The second-order valence-corrected chi connectivity index (χ2v) is 8.60. The standard InChI is InChI=1S/C19H23N5O3S/c1-13(2)24-19-15(11-21-24)10-16(12-20-19)23-18(25)8-9-22-28(26,27)17-6-4-14(3)5-7-17/h4-7,10-13,22H,8-9H2,1-3H3,(H,23,25). The molecule has 1 amide bonds. The molecule has 0 bridgehead atoms. The molecule has 2 aromatic heterocycles. The quantitative estimate of drug-likeness (QED) is 0.633. The number of amides is 1. The van der Waals surface area contributed by atoms with Gasteiger partial charge in [-0.05, 0) is 39.0 Å². The van der Waals surface area contributed by atoms with E-state index in [0.717, 1.165) is 16.6 Å². The summed E-state index contributed by atoms with van der Waals surface area (Å²) in [7, 11) is -3.63. The second kappa shape index (κ2) is 8.07. The molecule has 2 heterocycles. The Balaban J connectivity index is 1.57. The average Bonchev–Trinajstić information content (AvgIpc) is 3.05. The number of anilines is 1. The zero-order valence-electron chi connectivity index (χ0n) is 16.0. The summed E-state index contributed by atoms with van der Waals surface area (Å²) in [6.07, 6.45) is 3.28. The maximum Gasteiger partial charge on any atom is 0.240 e. The van der Waals surface area contributed by atoms with Crippen molar-refractivity contribution in [1.29, 1.82) is 0 Å². The molecule has 0 aliphatic rings. The number of pyridine rings is 1. The van der Waals surface area contributed by atoms with Crippen molar-refractivity contribution >= 4 is 32.7 Å². The van der Waals surface area contributed by atoms with Gasteiger partial charge in [0.15, 0.2) is 5.65 Å². The molecule has 0 saturated carbocycles. The Morgan fingerprint density at radius 2 is 1.89 bits per heavy atom. The Morgan fingerprint density at radius 1 is 1.18 bits per heavy atom. The molecular weight excluding hydrogens is 378 g/mol. The van der Waals surface area contributed by atoms with E-state index in [1.807, 2.05) is 20.8 Å². The first-order valence-electron chi connectivity index (χ1n) is 8.96. The lowest BCUT2D eigenvalue weighted by Crippen LogP contribution is -2.27. The smallest absolute Gasteiger partial charge is 0.240 e. The molecule has 0 atom stereocenters. The van der Waals surface area contributed by atoms with Crippen LogP contribution in [0.15, 0.2) is 47.6 Å². The number of nitrogens with zero attached hydrogens (tertiary/aromatic N) is 3. The topological polar surface area (TPSA) is 106 Å². The molecule has 3 aromatic rings. The summed E-state index contributed by atoms with van der Waals surface area (Å²) in [5, 5.41) is 7.85. The summed E-state index contributed by atoms with van der Waals surface area (Å²) >= 11 is 0. The van der Waals surface area contributed by atoms with Gasteiger partial charge in [-0.15, -0.1) is 0 Å². The number of fused-ring (bicyclic) bond motifs is 1. The van der Waals surface area contributed by atoms with E-state index in [4.69, 9.17) is 0 Å². The van der Waals surface area contributed by atoms with E-state index in [-0.39, 0.29) is 29.8 Å². The number of nitrogens with one attached hydrogen (secondary N) is 2. The highest BCUT2D eigenvalue weighted by Crippen LogP contribution is 2.19. The summed E-state index contributed by atoms with van der Waals surface area (Å²) in [5.41, 5.74) is 2.27. The minimum absolute atomic E-state index is 0.00297. The summed E-state index contributed by atoms with van der Waals surface area (Å²) in [4.78, 5) is 16.7. The van der Waals surface area contributed by atoms with Gasteiger partial charge in [-0.2, -0.15) is 5.10 Å². The molecule has 0 saturated heterocycles. The molecule has 9 heteroatoms. The third-order valence-electron chi connectivity index (χ3n) is 4.18. The van der Waals surface area contributed by atoms with Crippen LogP contribution in [0.4, 0.5) is 5.69 Å². The van der Waals surface area contributed by atoms with Crippen molar-refractivity contribution in [2.45, 2.75) is 38.1 Å². The number of hydrogen-bond donors (Lipinski definition) is 2. The number of hydrogen-bond acceptors (Lipinski definition) is 5. The van der Waals surface area contributed by atoms with Crippen molar-refractivity contribution in [3.8, 4) is 0 Å². The van der Waals surface area contributed by atoms with Gasteiger partial charge in [-0.25, -0.2) is 22.8 Å². The van der Waals surface area contributed by atoms with Crippen molar-refractivity contribution in [3.63, 3.8) is 0 Å². The van der Waals surface area contributed by atoms with Crippen LogP contribution in [-0.4, -0.2) is 35.6 Å². The molecule has 3 rings (SSSR count). The molecule has 8 nitrogen and oxygen atoms in total. The largest absolute Gasteiger partial charge is 0.325 e. The fourth-order valence-electron chi connectivity index (χ4n) is 2.71. The van der Waals surface area contributed by atoms with Crippen molar-refractivity contribution in [2.24, 2.45) is 0 Å². The average molecular weight is 401 g/mol. The van der Waals surface area contributed by atoms with E-state index in [2.05, 4.69) is 20.1 Å². The Kier molecular flexibility index (Phi) is 5.76. The van der Waals surface area contributed by atoms with Gasteiger partial charge in [0.2, 0.25) is 15.9 Å². The molecule has 28 heavy (non-hydrogen) atoms. The van der Waals surface area contributed by atoms with Crippen molar-refractivity contribution in [2.75, 3.05) is 11.9 Å². The van der Waals surface area contributed by atoms with E-state index >= 15 is 0 Å². The molecular formula is C19H23N5O3S. The fourth-order valence-corrected chi connectivity index (χ4v) is 3.74. The van der Waals surface area contributed by atoms with Gasteiger partial charge >= 0.3 is 0 Å². The Labute approximate surface area is 164 Å². The first kappa shape index (κ1) is 20.0. The number of carbonyl (C=O) groups excluding carboxylic acids is 1. The molecule has 1 aromatic carbocycles. The minimum Gasteiger partial charge on any atom is -0.325 e. The molecule has 0 aliphatic carbocycles. The van der Waals surface area contributed by atoms with Crippen LogP contribution in [0.2, 0.25) is 0 Å². The lowest BCUT2D eigenvalue weighted by molar-refractivity contribution is -0.116. The monoisotopic (exact) mass is 401 g/mol. The van der Waals surface area contributed by atoms with Crippen LogP contribution in [0, 0.1) is 6.92 Å². The maximum absolute atomic E-state index is 12.2. The highest BCUT2D eigenvalue weighted by Gasteiger charge is 2.14. The predicted octanol–water partition coefficient (Wildman–Crippen LogP) is 2.63. The van der Waals surface area contributed by atoms with Gasteiger partial charge in [-0.1, -0.05) is 17.7 Å². The molecule has 0 fully saturated rings. The van der Waals surface area contributed by atoms with Gasteiger partial charge in [0, 0.05) is 24.4 Å². The second-order valence-electron chi connectivity index (χ2n) is 6.83. The lowest BCUT2D eigenvalue weighted by atomic mass is 10.2. The number of aryl methyl sites for hydroxylation is 1. The van der Waals surface area contributed by atoms with Crippen molar-refractivity contribution in [3.05, 3.63) is 48.3 Å². The Bertz CT molecular complexity index is 1090. The van der Waals surface area contributed by atoms with Crippen LogP contribution in [0.25, 0.3) is 11.0 Å². The zero-order chi connectivity index (χ0) is 20.3. The highest BCUT2D eigenvalue weighted by atomic mass is 32.2. The van der Waals surface area contributed by atoms with Crippen LogP contribution < -0.4 is 10.0 Å². The van der Waals surface area contributed by atoms with E-state index in [9.17, 15) is 13.2 Å². The van der Waals surface area contributed by atoms with Crippen LogP contribution in [0.1, 0.15) is 31.9 Å². The molecule has 0 spiro atoms. The normalized spacial score (nSPS) is 11.9. The number of aromatic nitrogens is 3. The van der Waals surface area contributed by atoms with E-state index in [1.54, 1.807) is 35.3 Å². The zero-order valence-corrected chi connectivity index (χ0v) is 16.8. The number of rotatable bonds is 7. The number of sulfonamides is 1. The molecule has 0 unspecified atom stereocenters. The van der Waals surface area contributed by atoms with Crippen molar-refractivity contribution < 1.29 is 13.2 Å². The van der Waals surface area contributed by atoms with Gasteiger partial charge in [0.05, 0.1) is 23.0 Å². The molecule has 148 valence electrons. The highest BCUT2D eigenvalue weighted by molar-refractivity contribution is 7.89.